The minimum Gasteiger partial charge on any atom is -0.303 e. The Morgan fingerprint density at radius 2 is 1.40 bits per heavy atom. The Morgan fingerprint density at radius 3 is 1.81 bits per heavy atom. The Morgan fingerprint density at radius 1 is 0.884 bits per heavy atom. The van der Waals surface area contributed by atoms with Gasteiger partial charge in [0.25, 0.3) is 0 Å². The molecule has 0 spiro atoms. The second kappa shape index (κ2) is 29.1. The zero-order valence-corrected chi connectivity index (χ0v) is 32.3. The zero-order chi connectivity index (χ0) is 34.6. The van der Waals surface area contributed by atoms with Gasteiger partial charge in [-0.25, -0.2) is 0 Å². The van der Waals surface area contributed by atoms with Crippen LogP contribution in [0.1, 0.15) is 176 Å². The summed E-state index contributed by atoms with van der Waals surface area (Å²) >= 11 is 0. The molecule has 2 heteroatoms. The quantitative estimate of drug-likeness (QED) is 0.186. The lowest BCUT2D eigenvalue weighted by Gasteiger charge is -2.33. The van der Waals surface area contributed by atoms with Gasteiger partial charge in [-0.3, -0.25) is 4.79 Å². The van der Waals surface area contributed by atoms with Crippen LogP contribution in [0.15, 0.2) is 31.9 Å². The van der Waals surface area contributed by atoms with E-state index in [4.69, 9.17) is 0 Å². The summed E-state index contributed by atoms with van der Waals surface area (Å²) in [5, 5.41) is 0. The van der Waals surface area contributed by atoms with Gasteiger partial charge < -0.3 is 4.90 Å². The highest BCUT2D eigenvalue weighted by molar-refractivity contribution is 5.75. The fraction of sp³-hybridized carbons (Fsp3) is 0.732. The highest BCUT2D eigenvalue weighted by Crippen LogP contribution is 2.37. The average Bonchev–Trinajstić information content (AvgIpc) is 2.98. The minimum absolute atomic E-state index is 0.294. The number of rotatable bonds is 11. The fourth-order valence-electron chi connectivity index (χ4n) is 5.88. The molecule has 1 aliphatic rings. The molecular weight excluding hydrogens is 522 g/mol. The van der Waals surface area contributed by atoms with Gasteiger partial charge in [0.05, 0.1) is 0 Å². The molecule has 1 aromatic carbocycles. The first-order chi connectivity index (χ1) is 20.3. The van der Waals surface area contributed by atoms with Crippen molar-refractivity contribution in [1.82, 2.24) is 4.90 Å². The standard InChI is InChI=1S/C19H27NO.C14H30.3C2H6.C2H4/c1-5-17-13-19(15(3)12-14(17)2)18-7-10-20(11-8-18)9-6-16(4)21;1-7-8-9-10-11-14(5,6)12-13(2,3)4;4*1-2/h5,12-13,18H,1,6-11H2,2-4H3;7-12H2,1-6H3;3*1-2H3;1-2H2. The van der Waals surface area contributed by atoms with Crippen molar-refractivity contribution in [2.45, 2.75) is 168 Å². The van der Waals surface area contributed by atoms with E-state index in [1.165, 1.54) is 73.6 Å². The van der Waals surface area contributed by atoms with Gasteiger partial charge in [-0.1, -0.05) is 134 Å². The number of nitrogens with zero attached hydrogens (tertiary/aromatic N) is 1. The van der Waals surface area contributed by atoms with E-state index in [-0.39, 0.29) is 0 Å². The van der Waals surface area contributed by atoms with Crippen LogP contribution in [0, 0.1) is 24.7 Å². The Bertz CT molecular complexity index is 791. The second-order valence-electron chi connectivity index (χ2n) is 13.0. The molecule has 0 radical (unpaired) electrons. The van der Waals surface area contributed by atoms with Crippen LogP contribution < -0.4 is 0 Å². The number of benzene rings is 1. The first kappa shape index (κ1) is 48.2. The van der Waals surface area contributed by atoms with E-state index in [0.717, 1.165) is 19.6 Å². The van der Waals surface area contributed by atoms with Crippen LogP contribution in [0.25, 0.3) is 6.08 Å². The van der Waals surface area contributed by atoms with Gasteiger partial charge in [0.1, 0.15) is 5.78 Å². The average molecular weight is 602 g/mol. The molecule has 1 aliphatic heterocycles. The van der Waals surface area contributed by atoms with E-state index in [1.54, 1.807) is 6.92 Å². The summed E-state index contributed by atoms with van der Waals surface area (Å²) in [6.07, 6.45) is 13.4. The number of piperidine rings is 1. The van der Waals surface area contributed by atoms with E-state index in [1.807, 2.05) is 47.6 Å². The van der Waals surface area contributed by atoms with Crippen LogP contribution in [0.3, 0.4) is 0 Å². The van der Waals surface area contributed by atoms with E-state index < -0.39 is 0 Å². The largest absolute Gasteiger partial charge is 0.303 e. The number of Topliss-reactive ketones (excluding diaryl/α,β-unsaturated/α-hetero) is 1. The Labute approximate surface area is 273 Å². The molecule has 43 heavy (non-hydrogen) atoms. The van der Waals surface area contributed by atoms with Crippen molar-refractivity contribution in [3.8, 4) is 0 Å². The molecule has 1 fully saturated rings. The molecule has 0 amide bonds. The van der Waals surface area contributed by atoms with Crippen molar-refractivity contribution in [1.29, 1.82) is 0 Å². The molecule has 0 atom stereocenters. The Kier molecular flexibility index (Phi) is 32.6. The van der Waals surface area contributed by atoms with E-state index in [0.29, 0.717) is 29.0 Å². The second-order valence-corrected chi connectivity index (χ2v) is 13.0. The van der Waals surface area contributed by atoms with Crippen LogP contribution >= 0.6 is 0 Å². The molecule has 2 rings (SSSR count). The van der Waals surface area contributed by atoms with Crippen LogP contribution in [-0.4, -0.2) is 30.3 Å². The number of ketones is 1. The van der Waals surface area contributed by atoms with E-state index in [9.17, 15) is 4.79 Å². The highest BCUT2D eigenvalue weighted by atomic mass is 16.1. The first-order valence-electron chi connectivity index (χ1n) is 17.7. The fourth-order valence-corrected chi connectivity index (χ4v) is 5.88. The van der Waals surface area contributed by atoms with E-state index >= 15 is 0 Å². The van der Waals surface area contributed by atoms with Crippen molar-refractivity contribution < 1.29 is 4.79 Å². The van der Waals surface area contributed by atoms with Crippen molar-refractivity contribution in [3.05, 3.63) is 54.1 Å². The summed E-state index contributed by atoms with van der Waals surface area (Å²) < 4.78 is 0. The lowest BCUT2D eigenvalue weighted by atomic mass is 9.73. The molecule has 1 heterocycles. The third kappa shape index (κ3) is 25.4. The predicted molar refractivity (Wildman–Crippen MR) is 202 cm³/mol. The molecule has 0 aromatic heterocycles. The number of hydrogen-bond acceptors (Lipinski definition) is 2. The molecule has 0 N–H and O–H groups in total. The number of likely N-dealkylation sites (tertiary alicyclic amines) is 1. The van der Waals surface area contributed by atoms with E-state index in [2.05, 4.69) is 92.2 Å². The van der Waals surface area contributed by atoms with Gasteiger partial charge in [-0.2, -0.15) is 0 Å². The van der Waals surface area contributed by atoms with Gasteiger partial charge in [0.2, 0.25) is 0 Å². The SMILES string of the molecule is C=C.C=Cc1cc(C2CCN(CCC(C)=O)CC2)c(C)cc1C.CC.CC.CC.CCCCCCC(C)(C)CC(C)(C)C. The molecule has 2 nitrogen and oxygen atoms in total. The summed E-state index contributed by atoms with van der Waals surface area (Å²) in [4.78, 5) is 13.5. The Hall–Kier alpha value is -1.67. The number of aryl methyl sites for hydroxylation is 2. The van der Waals surface area contributed by atoms with Crippen molar-refractivity contribution in [2.75, 3.05) is 19.6 Å². The van der Waals surface area contributed by atoms with Crippen molar-refractivity contribution in [3.63, 3.8) is 0 Å². The molecule has 1 saturated heterocycles. The minimum atomic E-state index is 0.294. The van der Waals surface area contributed by atoms with Gasteiger partial charge in [0.15, 0.2) is 0 Å². The van der Waals surface area contributed by atoms with Crippen molar-refractivity contribution >= 4 is 11.9 Å². The lowest BCUT2D eigenvalue weighted by Crippen LogP contribution is -2.34. The summed E-state index contributed by atoms with van der Waals surface area (Å²) in [5.41, 5.74) is 6.47. The number of carbonyl (C=O) groups excluding carboxylic acids is 1. The third-order valence-electron chi connectivity index (χ3n) is 7.40. The number of hydrogen-bond donors (Lipinski definition) is 0. The summed E-state index contributed by atoms with van der Waals surface area (Å²) in [6, 6.07) is 4.61. The maximum atomic E-state index is 11.1. The monoisotopic (exact) mass is 602 g/mol. The summed E-state index contributed by atoms with van der Waals surface area (Å²) in [5.74, 6) is 0.944. The van der Waals surface area contributed by atoms with Crippen LogP contribution in [0.2, 0.25) is 0 Å². The summed E-state index contributed by atoms with van der Waals surface area (Å²) in [7, 11) is 0. The smallest absolute Gasteiger partial charge is 0.131 e. The highest BCUT2D eigenvalue weighted by Gasteiger charge is 2.25. The molecule has 0 unspecified atom stereocenters. The Balaban J connectivity index is -0.000000301. The normalized spacial score (nSPS) is 13.1. The lowest BCUT2D eigenvalue weighted by molar-refractivity contribution is -0.117. The molecule has 0 aliphatic carbocycles. The molecule has 0 bridgehead atoms. The topological polar surface area (TPSA) is 20.3 Å². The molecule has 254 valence electrons. The zero-order valence-electron chi connectivity index (χ0n) is 32.3. The maximum Gasteiger partial charge on any atom is 0.131 e. The van der Waals surface area contributed by atoms with Gasteiger partial charge in [-0.05, 0) is 98.5 Å². The predicted octanol–water partition coefficient (Wildman–Crippen LogP) is 13.4. The van der Waals surface area contributed by atoms with Crippen LogP contribution in [0.5, 0.6) is 0 Å². The van der Waals surface area contributed by atoms with Crippen molar-refractivity contribution in [2.24, 2.45) is 10.8 Å². The molecule has 1 aromatic rings. The number of unbranched alkanes of at least 4 members (excludes halogenated alkanes) is 3. The van der Waals surface area contributed by atoms with Crippen LogP contribution in [-0.2, 0) is 4.79 Å². The summed E-state index contributed by atoms with van der Waals surface area (Å²) in [6.45, 7) is 45.3. The van der Waals surface area contributed by atoms with Gasteiger partial charge in [-0.15, -0.1) is 13.2 Å². The van der Waals surface area contributed by atoms with Gasteiger partial charge in [0, 0.05) is 13.0 Å². The molecular formula is C41H79NO. The third-order valence-corrected chi connectivity index (χ3v) is 7.40. The maximum absolute atomic E-state index is 11.1. The van der Waals surface area contributed by atoms with Gasteiger partial charge >= 0.3 is 0 Å². The first-order valence-corrected chi connectivity index (χ1v) is 17.7. The van der Waals surface area contributed by atoms with Crippen LogP contribution in [0.4, 0.5) is 0 Å². The molecule has 0 saturated carbocycles. The number of carbonyl (C=O) groups is 1.